The molecule has 7 rings (SSSR count). The number of ether oxygens (including phenoxy) is 1. The maximum atomic E-state index is 13.5. The first-order valence-corrected chi connectivity index (χ1v) is 17.3. The van der Waals surface area contributed by atoms with Gasteiger partial charge in [0.1, 0.15) is 0 Å². The monoisotopic (exact) mass is 691 g/mol. The van der Waals surface area contributed by atoms with Gasteiger partial charge in [-0.1, -0.05) is 18.2 Å². The van der Waals surface area contributed by atoms with Crippen molar-refractivity contribution in [1.82, 2.24) is 25.3 Å². The maximum Gasteiger partial charge on any atom is 0.262 e. The van der Waals surface area contributed by atoms with Crippen LogP contribution >= 0.6 is 11.3 Å². The van der Waals surface area contributed by atoms with E-state index in [1.807, 2.05) is 48.2 Å². The number of nitrogens with zero attached hydrogens (tertiary/aromatic N) is 6. The van der Waals surface area contributed by atoms with Crippen molar-refractivity contribution < 1.29 is 19.1 Å². The summed E-state index contributed by atoms with van der Waals surface area (Å²) in [6.45, 7) is 7.72. The number of aromatic nitrogens is 4. The number of carbonyl (C=O) groups is 3. The number of nitrogens with two attached hydrogens (primary N) is 1. The number of benzene rings is 2. The van der Waals surface area contributed by atoms with E-state index >= 15 is 0 Å². The number of nitrogens with one attached hydrogen (secondary N) is 2. The number of thiophene rings is 1. The first-order chi connectivity index (χ1) is 24.2. The predicted molar refractivity (Wildman–Crippen MR) is 194 cm³/mol. The summed E-state index contributed by atoms with van der Waals surface area (Å²) in [5, 5.41) is 5.69. The lowest BCUT2D eigenvalue weighted by Crippen LogP contribution is -2.40. The highest BCUT2D eigenvalue weighted by Gasteiger charge is 2.27. The zero-order valence-electron chi connectivity index (χ0n) is 28.0. The van der Waals surface area contributed by atoms with Gasteiger partial charge in [0.2, 0.25) is 17.8 Å². The Kier molecular flexibility index (Phi) is 9.12. The van der Waals surface area contributed by atoms with Crippen LogP contribution in [-0.4, -0.2) is 76.5 Å². The van der Waals surface area contributed by atoms with Crippen LogP contribution in [0.15, 0.2) is 54.9 Å². The number of amides is 3. The fourth-order valence-electron chi connectivity index (χ4n) is 6.50. The molecule has 2 aliphatic heterocycles. The number of rotatable bonds is 7. The third-order valence-corrected chi connectivity index (χ3v) is 10.3. The van der Waals surface area contributed by atoms with Crippen LogP contribution in [0, 0.1) is 6.92 Å². The molecule has 0 bridgehead atoms. The highest BCUT2D eigenvalue weighted by Crippen LogP contribution is 2.38. The molecule has 13 nitrogen and oxygen atoms in total. The first-order valence-electron chi connectivity index (χ1n) is 16.5. The molecular formula is C36H37N9O4S. The average molecular weight is 692 g/mol. The molecule has 4 N–H and O–H groups in total. The van der Waals surface area contributed by atoms with Crippen molar-refractivity contribution >= 4 is 62.4 Å². The normalized spacial score (nSPS) is 15.9. The van der Waals surface area contributed by atoms with E-state index in [4.69, 9.17) is 20.4 Å². The van der Waals surface area contributed by atoms with Gasteiger partial charge in [0.15, 0.2) is 11.6 Å². The van der Waals surface area contributed by atoms with E-state index in [0.717, 1.165) is 39.9 Å². The lowest BCUT2D eigenvalue weighted by molar-refractivity contribution is -0.117. The summed E-state index contributed by atoms with van der Waals surface area (Å²) >= 11 is 1.30. The molecule has 256 valence electrons. The molecule has 1 fully saturated rings. The van der Waals surface area contributed by atoms with Crippen LogP contribution < -0.4 is 26.2 Å². The Labute approximate surface area is 292 Å². The molecule has 3 aromatic heterocycles. The fourth-order valence-corrected chi connectivity index (χ4v) is 7.68. The number of hydrogen-bond acceptors (Lipinski definition) is 11. The number of aryl methyl sites for hydroxylation is 2. The molecule has 1 saturated heterocycles. The second-order valence-electron chi connectivity index (χ2n) is 12.5. The standard InChI is InChI=1S/C36H37N9O4S/c1-20-7-8-25-15-24(9-10-28(25)45(20)22(3)46)23-5-4-6-27(16-23)41-29(47)19-38-35(48)31-21(2)30-32(50-31)34(44-11-13-49-14-12-44)43-33(42-30)26-17-39-36(37)40-18-26/h4-6,9-10,15-18,20H,7-8,11-14,19H2,1-3H3,(H,38,48)(H,41,47)(H2,37,39,40)/t20-/m0/s1. The van der Waals surface area contributed by atoms with Gasteiger partial charge in [-0.25, -0.2) is 19.9 Å². The third kappa shape index (κ3) is 6.59. The highest BCUT2D eigenvalue weighted by atomic mass is 32.1. The molecule has 5 aromatic rings. The Bertz CT molecular complexity index is 2110. The van der Waals surface area contributed by atoms with Crippen LogP contribution in [-0.2, 0) is 20.7 Å². The molecule has 0 radical (unpaired) electrons. The van der Waals surface area contributed by atoms with Crippen molar-refractivity contribution in [3.8, 4) is 22.5 Å². The molecule has 0 spiro atoms. The smallest absolute Gasteiger partial charge is 0.262 e. The first kappa shape index (κ1) is 33.0. The van der Waals surface area contributed by atoms with Crippen LogP contribution in [0.4, 0.5) is 23.1 Å². The number of morpholine rings is 1. The van der Waals surface area contributed by atoms with E-state index in [2.05, 4.69) is 38.5 Å². The van der Waals surface area contributed by atoms with E-state index in [1.165, 1.54) is 11.3 Å². The lowest BCUT2D eigenvalue weighted by Gasteiger charge is -2.34. The van der Waals surface area contributed by atoms with Crippen LogP contribution in [0.5, 0.6) is 0 Å². The van der Waals surface area contributed by atoms with Crippen LogP contribution in [0.1, 0.15) is 41.1 Å². The summed E-state index contributed by atoms with van der Waals surface area (Å²) in [7, 11) is 0. The maximum absolute atomic E-state index is 13.5. The summed E-state index contributed by atoms with van der Waals surface area (Å²) in [6, 6.07) is 13.9. The van der Waals surface area contributed by atoms with Crippen molar-refractivity contribution in [2.45, 2.75) is 39.7 Å². The quantitative estimate of drug-likeness (QED) is 0.219. The zero-order chi connectivity index (χ0) is 34.9. The number of hydrogen-bond donors (Lipinski definition) is 3. The molecule has 0 unspecified atom stereocenters. The molecule has 0 aliphatic carbocycles. The molecule has 3 amide bonds. The molecule has 0 saturated carbocycles. The van der Waals surface area contributed by atoms with E-state index < -0.39 is 0 Å². The highest BCUT2D eigenvalue weighted by molar-refractivity contribution is 7.21. The summed E-state index contributed by atoms with van der Waals surface area (Å²) in [6.07, 6.45) is 4.95. The van der Waals surface area contributed by atoms with Crippen LogP contribution in [0.3, 0.4) is 0 Å². The fraction of sp³-hybridized carbons (Fsp3) is 0.306. The van der Waals surface area contributed by atoms with E-state index in [1.54, 1.807) is 19.3 Å². The van der Waals surface area contributed by atoms with Crippen molar-refractivity contribution in [3.05, 3.63) is 70.9 Å². The molecule has 2 aliphatic rings. The Morgan fingerprint density at radius 2 is 1.78 bits per heavy atom. The number of carbonyl (C=O) groups excluding carboxylic acids is 3. The van der Waals surface area contributed by atoms with Gasteiger partial charge in [0, 0.05) is 49.8 Å². The number of anilines is 4. The Hall–Kier alpha value is -5.47. The van der Waals surface area contributed by atoms with Crippen molar-refractivity contribution in [2.24, 2.45) is 0 Å². The molecule has 14 heteroatoms. The van der Waals surface area contributed by atoms with Gasteiger partial charge in [-0.05, 0) is 73.2 Å². The van der Waals surface area contributed by atoms with Crippen molar-refractivity contribution in [1.29, 1.82) is 0 Å². The Morgan fingerprint density at radius 1 is 1.02 bits per heavy atom. The van der Waals surface area contributed by atoms with Crippen molar-refractivity contribution in [3.63, 3.8) is 0 Å². The van der Waals surface area contributed by atoms with Gasteiger partial charge < -0.3 is 30.9 Å². The third-order valence-electron chi connectivity index (χ3n) is 9.03. The largest absolute Gasteiger partial charge is 0.378 e. The molecule has 1 atom stereocenters. The van der Waals surface area contributed by atoms with Crippen molar-refractivity contribution in [2.75, 3.05) is 53.7 Å². The Balaban J connectivity index is 1.07. The molecular weight excluding hydrogens is 655 g/mol. The zero-order valence-corrected chi connectivity index (χ0v) is 28.8. The number of nitrogen functional groups attached to an aromatic ring is 1. The Morgan fingerprint density at radius 3 is 2.54 bits per heavy atom. The van der Waals surface area contributed by atoms with Gasteiger partial charge in [0.25, 0.3) is 5.91 Å². The van der Waals surface area contributed by atoms with Gasteiger partial charge in [-0.3, -0.25) is 14.4 Å². The van der Waals surface area contributed by atoms with Gasteiger partial charge in [0.05, 0.1) is 40.4 Å². The minimum absolute atomic E-state index is 0.0379. The summed E-state index contributed by atoms with van der Waals surface area (Å²) in [5.74, 6) is 0.595. The summed E-state index contributed by atoms with van der Waals surface area (Å²) < 4.78 is 6.34. The van der Waals surface area contributed by atoms with E-state index in [9.17, 15) is 14.4 Å². The van der Waals surface area contributed by atoms with Gasteiger partial charge >= 0.3 is 0 Å². The minimum atomic E-state index is -0.373. The summed E-state index contributed by atoms with van der Waals surface area (Å²) in [5.41, 5.74) is 12.3. The van der Waals surface area contributed by atoms with Crippen LogP contribution in [0.2, 0.25) is 0 Å². The van der Waals surface area contributed by atoms with E-state index in [0.29, 0.717) is 65.2 Å². The predicted octanol–water partition coefficient (Wildman–Crippen LogP) is 4.60. The average Bonchev–Trinajstić information content (AvgIpc) is 3.46. The summed E-state index contributed by atoms with van der Waals surface area (Å²) in [4.78, 5) is 61.1. The second kappa shape index (κ2) is 13.8. The molecule has 2 aromatic carbocycles. The SMILES string of the molecule is CC(=O)N1c2ccc(-c3cccc(NC(=O)CNC(=O)c4sc5c(N6CCOCC6)nc(-c6cnc(N)nc6)nc5c4C)c3)cc2CC[C@@H]1C. The number of fused-ring (bicyclic) bond motifs is 2. The van der Waals surface area contributed by atoms with Crippen LogP contribution in [0.25, 0.3) is 32.7 Å². The molecule has 5 heterocycles. The van der Waals surface area contributed by atoms with Gasteiger partial charge in [-0.15, -0.1) is 11.3 Å². The van der Waals surface area contributed by atoms with Gasteiger partial charge in [-0.2, -0.15) is 0 Å². The second-order valence-corrected chi connectivity index (χ2v) is 13.5. The lowest BCUT2D eigenvalue weighted by atomic mass is 9.93. The minimum Gasteiger partial charge on any atom is -0.378 e. The van der Waals surface area contributed by atoms with E-state index in [-0.39, 0.29) is 36.3 Å². The molecule has 50 heavy (non-hydrogen) atoms. The topological polar surface area (TPSA) is 169 Å².